The van der Waals surface area contributed by atoms with Crippen molar-refractivity contribution in [3.8, 4) is 34.5 Å². The van der Waals surface area contributed by atoms with Crippen LogP contribution in [0, 0.1) is 5.92 Å². The second kappa shape index (κ2) is 18.7. The summed E-state index contributed by atoms with van der Waals surface area (Å²) in [5.41, 5.74) is 12.0. The summed E-state index contributed by atoms with van der Waals surface area (Å²) in [7, 11) is 3.04. The van der Waals surface area contributed by atoms with Crippen LogP contribution in [0.2, 0.25) is 0 Å². The van der Waals surface area contributed by atoms with Gasteiger partial charge in [0.25, 0.3) is 11.8 Å². The zero-order valence-corrected chi connectivity index (χ0v) is 37.7. The van der Waals surface area contributed by atoms with Crippen molar-refractivity contribution in [2.75, 3.05) is 39.5 Å². The molecule has 0 bridgehead atoms. The van der Waals surface area contributed by atoms with Crippen LogP contribution in [-0.2, 0) is 9.59 Å². The standard InChI is InChI=1S/C50H51N7O10/c1-27(2)46(51)48(59)54-28(3)47(58)55-33-10-7-29(8-11-33)31-15-34-22-52-38-20-44(41(62-4)18-36(38)49(60)56(34)24-31)64-13-6-14-65-45-21-39-37(19-42(45)63-5)50(61)57-25-32(16-35(57)23-53-39)30-9-12-40-43(17-30)67-26-66-40/h7-12,17-25,27-28,34-35,46H,6,13-16,26,51H2,1-5H3,(H,54,59)(H,55,58)/t28-,34-,35?,46-/m0/s1. The third kappa shape index (κ3) is 9.01. The smallest absolute Gasteiger partial charge is 0.260 e. The van der Waals surface area contributed by atoms with Crippen molar-refractivity contribution in [1.82, 2.24) is 15.1 Å². The number of fused-ring (bicyclic) bond motifs is 5. The van der Waals surface area contributed by atoms with E-state index in [0.717, 1.165) is 22.3 Å². The van der Waals surface area contributed by atoms with Crippen LogP contribution in [0.15, 0.2) is 89.1 Å². The van der Waals surface area contributed by atoms with Gasteiger partial charge in [-0.3, -0.25) is 29.2 Å². The quantitative estimate of drug-likeness (QED) is 0.108. The molecule has 0 fully saturated rings. The minimum absolute atomic E-state index is 0.0609. The molecular weight excluding hydrogens is 859 g/mol. The molecule has 0 saturated carbocycles. The van der Waals surface area contributed by atoms with E-state index in [0.29, 0.717) is 81.9 Å². The van der Waals surface area contributed by atoms with E-state index in [4.69, 9.17) is 44.1 Å². The number of hydrogen-bond acceptors (Lipinski definition) is 13. The topological polar surface area (TPSA) is 205 Å². The zero-order valence-electron chi connectivity index (χ0n) is 37.7. The first kappa shape index (κ1) is 44.5. The molecule has 1 unspecified atom stereocenters. The number of rotatable bonds is 15. The van der Waals surface area contributed by atoms with Gasteiger partial charge in [0.15, 0.2) is 34.5 Å². The Balaban J connectivity index is 0.797. The number of nitrogens with one attached hydrogen (secondary N) is 2. The van der Waals surface area contributed by atoms with Gasteiger partial charge in [-0.15, -0.1) is 0 Å². The van der Waals surface area contributed by atoms with Crippen molar-refractivity contribution in [3.63, 3.8) is 0 Å². The van der Waals surface area contributed by atoms with E-state index >= 15 is 0 Å². The Kier molecular flexibility index (Phi) is 12.4. The summed E-state index contributed by atoms with van der Waals surface area (Å²) in [5, 5.41) is 5.49. The fourth-order valence-corrected chi connectivity index (χ4v) is 8.36. The van der Waals surface area contributed by atoms with Gasteiger partial charge in [-0.2, -0.15) is 0 Å². The summed E-state index contributed by atoms with van der Waals surface area (Å²) < 4.78 is 34.6. The molecule has 4 amide bonds. The monoisotopic (exact) mass is 909 g/mol. The number of methoxy groups -OCH3 is 2. The summed E-state index contributed by atoms with van der Waals surface area (Å²) in [6.07, 6.45) is 8.87. The van der Waals surface area contributed by atoms with Crippen LogP contribution < -0.4 is 44.8 Å². The molecule has 5 aliphatic heterocycles. The maximum Gasteiger partial charge on any atom is 0.260 e. The number of benzene rings is 4. The zero-order chi connectivity index (χ0) is 46.9. The Hall–Kier alpha value is -7.66. The normalized spacial score (nSPS) is 18.4. The van der Waals surface area contributed by atoms with Crippen LogP contribution >= 0.6 is 0 Å². The second-order valence-electron chi connectivity index (χ2n) is 17.1. The highest BCUT2D eigenvalue weighted by molar-refractivity contribution is 6.07. The highest BCUT2D eigenvalue weighted by Crippen LogP contribution is 2.43. The number of nitrogens with zero attached hydrogens (tertiary/aromatic N) is 4. The molecule has 17 nitrogen and oxygen atoms in total. The van der Waals surface area contributed by atoms with E-state index in [1.165, 1.54) is 14.2 Å². The van der Waals surface area contributed by atoms with E-state index in [9.17, 15) is 19.2 Å². The van der Waals surface area contributed by atoms with Gasteiger partial charge in [-0.1, -0.05) is 32.0 Å². The molecule has 0 radical (unpaired) electrons. The molecule has 4 atom stereocenters. The summed E-state index contributed by atoms with van der Waals surface area (Å²) in [6, 6.07) is 17.8. The highest BCUT2D eigenvalue weighted by Gasteiger charge is 2.36. The minimum Gasteiger partial charge on any atom is -0.493 e. The first-order chi connectivity index (χ1) is 32.4. The summed E-state index contributed by atoms with van der Waals surface area (Å²) in [6.45, 7) is 6.01. The van der Waals surface area contributed by atoms with Gasteiger partial charge in [0.05, 0.1) is 68.1 Å². The molecular formula is C50H51N7O10. The number of carbonyl (C=O) groups excluding carboxylic acids is 4. The molecule has 346 valence electrons. The number of nitrogens with two attached hydrogens (primary N) is 1. The fourth-order valence-electron chi connectivity index (χ4n) is 8.36. The number of ether oxygens (including phenoxy) is 6. The highest BCUT2D eigenvalue weighted by atomic mass is 16.7. The Morgan fingerprint density at radius 1 is 0.716 bits per heavy atom. The van der Waals surface area contributed by atoms with Gasteiger partial charge in [0, 0.05) is 61.9 Å². The lowest BCUT2D eigenvalue weighted by Crippen LogP contribution is -2.50. The Morgan fingerprint density at radius 3 is 1.81 bits per heavy atom. The SMILES string of the molecule is COc1cc2c(cc1OCCCOc1cc3c(cc1OC)C(=O)N1C=C(c4ccc(NC(=O)[C@H](C)NC(=O)[C@@H](N)C(C)C)cc4)C[C@H]1C=N3)N=CC1CC(c3ccc4c(c3)OCO4)=CN1C2=O. The predicted octanol–water partition coefficient (Wildman–Crippen LogP) is 6.65. The molecule has 0 saturated heterocycles. The number of anilines is 1. The van der Waals surface area contributed by atoms with Crippen molar-refractivity contribution in [3.05, 3.63) is 101 Å². The predicted molar refractivity (Wildman–Crippen MR) is 251 cm³/mol. The molecule has 5 heterocycles. The van der Waals surface area contributed by atoms with Gasteiger partial charge in [-0.25, -0.2) is 0 Å². The molecule has 0 spiro atoms. The number of amides is 4. The average molecular weight is 910 g/mol. The summed E-state index contributed by atoms with van der Waals surface area (Å²) in [5.74, 6) is 1.81. The fraction of sp³-hybridized carbons (Fsp3) is 0.320. The van der Waals surface area contributed by atoms with E-state index in [-0.39, 0.29) is 61.6 Å². The Morgan fingerprint density at radius 2 is 1.25 bits per heavy atom. The van der Waals surface area contributed by atoms with Crippen LogP contribution in [0.4, 0.5) is 17.1 Å². The molecule has 0 aliphatic carbocycles. The second-order valence-corrected chi connectivity index (χ2v) is 17.1. The van der Waals surface area contributed by atoms with E-state index in [1.807, 2.05) is 56.6 Å². The van der Waals surface area contributed by atoms with E-state index in [2.05, 4.69) is 10.6 Å². The lowest BCUT2D eigenvalue weighted by atomic mass is 10.0. The van der Waals surface area contributed by atoms with Crippen LogP contribution in [0.25, 0.3) is 11.1 Å². The van der Waals surface area contributed by atoms with E-state index < -0.39 is 12.1 Å². The molecule has 9 rings (SSSR count). The summed E-state index contributed by atoms with van der Waals surface area (Å²) in [4.78, 5) is 65.8. The van der Waals surface area contributed by atoms with Crippen LogP contribution in [0.1, 0.15) is 71.9 Å². The lowest BCUT2D eigenvalue weighted by molar-refractivity contribution is -0.127. The van der Waals surface area contributed by atoms with Crippen molar-refractivity contribution in [2.45, 2.75) is 64.2 Å². The van der Waals surface area contributed by atoms with Gasteiger partial charge >= 0.3 is 0 Å². The van der Waals surface area contributed by atoms with Gasteiger partial charge < -0.3 is 54.6 Å². The molecule has 17 heteroatoms. The number of aliphatic imine (C=N–C) groups is 2. The molecule has 4 aromatic carbocycles. The van der Waals surface area contributed by atoms with Crippen molar-refractivity contribution in [2.24, 2.45) is 21.6 Å². The molecule has 4 aromatic rings. The van der Waals surface area contributed by atoms with Crippen molar-refractivity contribution < 1.29 is 47.6 Å². The molecule has 0 aromatic heterocycles. The molecule has 67 heavy (non-hydrogen) atoms. The average Bonchev–Trinajstić information content (AvgIpc) is 4.07. The minimum atomic E-state index is -0.778. The Labute approximate surface area is 387 Å². The van der Waals surface area contributed by atoms with Crippen LogP contribution in [0.3, 0.4) is 0 Å². The Bertz CT molecular complexity index is 2770. The van der Waals surface area contributed by atoms with Gasteiger partial charge in [0.1, 0.15) is 6.04 Å². The molecule has 5 aliphatic rings. The van der Waals surface area contributed by atoms with Crippen molar-refractivity contribution in [1.29, 1.82) is 0 Å². The third-order valence-corrected chi connectivity index (χ3v) is 12.3. The first-order valence-corrected chi connectivity index (χ1v) is 22.1. The van der Waals surface area contributed by atoms with Crippen LogP contribution in [0.5, 0.6) is 34.5 Å². The number of hydrogen-bond donors (Lipinski definition) is 3. The summed E-state index contributed by atoms with van der Waals surface area (Å²) >= 11 is 0. The van der Waals surface area contributed by atoms with Gasteiger partial charge in [0.2, 0.25) is 18.6 Å². The maximum atomic E-state index is 14.0. The third-order valence-electron chi connectivity index (χ3n) is 12.3. The van der Waals surface area contributed by atoms with E-state index in [1.54, 1.807) is 65.6 Å². The first-order valence-electron chi connectivity index (χ1n) is 22.1. The largest absolute Gasteiger partial charge is 0.493 e. The van der Waals surface area contributed by atoms with Crippen molar-refractivity contribution >= 4 is 64.3 Å². The maximum absolute atomic E-state index is 14.0. The lowest BCUT2D eigenvalue weighted by Gasteiger charge is -2.19. The van der Waals surface area contributed by atoms with Gasteiger partial charge in [-0.05, 0) is 71.5 Å². The number of carbonyl (C=O) groups is 4. The van der Waals surface area contributed by atoms with Crippen LogP contribution in [-0.4, -0.2) is 104 Å². The molecule has 4 N–H and O–H groups in total.